The van der Waals surface area contributed by atoms with Crippen molar-refractivity contribution in [1.82, 2.24) is 5.32 Å². The Morgan fingerprint density at radius 1 is 1.42 bits per heavy atom. The van der Waals surface area contributed by atoms with E-state index in [4.69, 9.17) is 16.3 Å². The van der Waals surface area contributed by atoms with Gasteiger partial charge in [0.25, 0.3) is 0 Å². The molecule has 0 saturated heterocycles. The van der Waals surface area contributed by atoms with E-state index in [9.17, 15) is 4.79 Å². The summed E-state index contributed by atoms with van der Waals surface area (Å²) in [6.07, 6.45) is 3.38. The van der Waals surface area contributed by atoms with Gasteiger partial charge in [0, 0.05) is 18.8 Å². The van der Waals surface area contributed by atoms with Crippen molar-refractivity contribution in [3.63, 3.8) is 0 Å². The van der Waals surface area contributed by atoms with E-state index >= 15 is 0 Å². The SMILES string of the molecule is CCCCOc1cccc(CCNC(=O)CCCl)c1. The smallest absolute Gasteiger partial charge is 0.221 e. The Bertz CT molecular complexity index is 382. The van der Waals surface area contributed by atoms with Gasteiger partial charge in [0.15, 0.2) is 0 Å². The number of ether oxygens (including phenoxy) is 1. The minimum Gasteiger partial charge on any atom is -0.494 e. The molecule has 4 heteroatoms. The van der Waals surface area contributed by atoms with Crippen molar-refractivity contribution in [3.05, 3.63) is 29.8 Å². The van der Waals surface area contributed by atoms with E-state index in [0.29, 0.717) is 18.8 Å². The topological polar surface area (TPSA) is 38.3 Å². The summed E-state index contributed by atoms with van der Waals surface area (Å²) >= 11 is 5.50. The summed E-state index contributed by atoms with van der Waals surface area (Å²) in [5, 5.41) is 2.84. The lowest BCUT2D eigenvalue weighted by Crippen LogP contribution is -2.25. The first kappa shape index (κ1) is 15.8. The molecule has 1 rings (SSSR count). The standard InChI is InChI=1S/C15H22ClNO2/c1-2-3-11-19-14-6-4-5-13(12-14)8-10-17-15(18)7-9-16/h4-6,12H,2-3,7-11H2,1H3,(H,17,18). The monoisotopic (exact) mass is 283 g/mol. The molecular formula is C15H22ClNO2. The number of carbonyl (C=O) groups is 1. The number of hydrogen-bond donors (Lipinski definition) is 1. The van der Waals surface area contributed by atoms with Crippen LogP contribution in [0.5, 0.6) is 5.75 Å². The second-order valence-electron chi connectivity index (χ2n) is 4.39. The molecule has 1 amide bonds. The van der Waals surface area contributed by atoms with Crippen molar-refractivity contribution >= 4 is 17.5 Å². The molecule has 0 aliphatic heterocycles. The maximum atomic E-state index is 11.3. The molecule has 0 bridgehead atoms. The van der Waals surface area contributed by atoms with E-state index in [1.54, 1.807) is 0 Å². The molecule has 1 aromatic carbocycles. The Hall–Kier alpha value is -1.22. The Balaban J connectivity index is 2.33. The fourth-order valence-corrected chi connectivity index (χ4v) is 1.82. The molecule has 0 fully saturated rings. The van der Waals surface area contributed by atoms with Crippen LogP contribution >= 0.6 is 11.6 Å². The Morgan fingerprint density at radius 3 is 3.00 bits per heavy atom. The first-order valence-electron chi connectivity index (χ1n) is 6.80. The van der Waals surface area contributed by atoms with Crippen molar-refractivity contribution in [2.75, 3.05) is 19.0 Å². The van der Waals surface area contributed by atoms with Gasteiger partial charge in [-0.2, -0.15) is 0 Å². The van der Waals surface area contributed by atoms with E-state index < -0.39 is 0 Å². The van der Waals surface area contributed by atoms with Gasteiger partial charge in [-0.25, -0.2) is 0 Å². The maximum absolute atomic E-state index is 11.3. The number of benzene rings is 1. The van der Waals surface area contributed by atoms with Gasteiger partial charge in [0.2, 0.25) is 5.91 Å². The van der Waals surface area contributed by atoms with Crippen molar-refractivity contribution in [2.45, 2.75) is 32.6 Å². The van der Waals surface area contributed by atoms with Crippen LogP contribution in [0.15, 0.2) is 24.3 Å². The van der Waals surface area contributed by atoms with Crippen LogP contribution in [0.2, 0.25) is 0 Å². The van der Waals surface area contributed by atoms with Gasteiger partial charge in [-0.15, -0.1) is 11.6 Å². The molecule has 0 aliphatic carbocycles. The number of rotatable bonds is 9. The predicted molar refractivity (Wildman–Crippen MR) is 78.9 cm³/mol. The summed E-state index contributed by atoms with van der Waals surface area (Å²) in [7, 11) is 0. The first-order chi connectivity index (χ1) is 9.26. The number of halogens is 1. The van der Waals surface area contributed by atoms with Gasteiger partial charge in [0.05, 0.1) is 6.61 Å². The maximum Gasteiger partial charge on any atom is 0.221 e. The minimum atomic E-state index is 0.00495. The highest BCUT2D eigenvalue weighted by Crippen LogP contribution is 2.14. The summed E-state index contributed by atoms with van der Waals surface area (Å²) in [6.45, 7) is 3.53. The third-order valence-electron chi connectivity index (χ3n) is 2.72. The Kier molecular flexibility index (Phi) is 8.07. The van der Waals surface area contributed by atoms with Gasteiger partial charge in [-0.3, -0.25) is 4.79 Å². The fraction of sp³-hybridized carbons (Fsp3) is 0.533. The zero-order chi connectivity index (χ0) is 13.9. The molecule has 3 nitrogen and oxygen atoms in total. The van der Waals surface area contributed by atoms with Crippen LogP contribution in [-0.4, -0.2) is 24.9 Å². The molecule has 0 aliphatic rings. The fourth-order valence-electron chi connectivity index (χ4n) is 1.65. The van der Waals surface area contributed by atoms with Crippen LogP contribution < -0.4 is 10.1 Å². The highest BCUT2D eigenvalue weighted by Gasteiger charge is 2.00. The van der Waals surface area contributed by atoms with E-state index in [1.165, 1.54) is 5.56 Å². The van der Waals surface area contributed by atoms with Gasteiger partial charge in [0.1, 0.15) is 5.75 Å². The number of carbonyl (C=O) groups excluding carboxylic acids is 1. The van der Waals surface area contributed by atoms with Crippen LogP contribution in [0, 0.1) is 0 Å². The van der Waals surface area contributed by atoms with E-state index in [1.807, 2.05) is 24.3 Å². The summed E-state index contributed by atoms with van der Waals surface area (Å²) < 4.78 is 5.65. The van der Waals surface area contributed by atoms with Crippen molar-refractivity contribution in [1.29, 1.82) is 0 Å². The van der Waals surface area contributed by atoms with Crippen molar-refractivity contribution in [2.24, 2.45) is 0 Å². The molecule has 0 spiro atoms. The summed E-state index contributed by atoms with van der Waals surface area (Å²) in [5.74, 6) is 1.27. The van der Waals surface area contributed by atoms with Gasteiger partial charge in [-0.05, 0) is 30.5 Å². The van der Waals surface area contributed by atoms with E-state index in [-0.39, 0.29) is 5.91 Å². The predicted octanol–water partition coefficient (Wildman–Crippen LogP) is 3.15. The number of amides is 1. The first-order valence-corrected chi connectivity index (χ1v) is 7.34. The molecule has 0 heterocycles. The zero-order valence-electron chi connectivity index (χ0n) is 11.5. The molecule has 1 aromatic rings. The molecule has 0 aromatic heterocycles. The van der Waals surface area contributed by atoms with E-state index in [2.05, 4.69) is 12.2 Å². The van der Waals surface area contributed by atoms with Gasteiger partial charge < -0.3 is 10.1 Å². The average molecular weight is 284 g/mol. The van der Waals surface area contributed by atoms with Gasteiger partial charge in [-0.1, -0.05) is 25.5 Å². The van der Waals surface area contributed by atoms with Crippen molar-refractivity contribution < 1.29 is 9.53 Å². The van der Waals surface area contributed by atoms with Crippen LogP contribution in [0.4, 0.5) is 0 Å². The van der Waals surface area contributed by atoms with Crippen molar-refractivity contribution in [3.8, 4) is 5.75 Å². The summed E-state index contributed by atoms with van der Waals surface area (Å²) in [4.78, 5) is 11.3. The average Bonchev–Trinajstić information content (AvgIpc) is 2.40. The molecule has 0 saturated carbocycles. The van der Waals surface area contributed by atoms with Gasteiger partial charge >= 0.3 is 0 Å². The highest BCUT2D eigenvalue weighted by atomic mass is 35.5. The lowest BCUT2D eigenvalue weighted by atomic mass is 10.1. The molecule has 1 N–H and O–H groups in total. The summed E-state index contributed by atoms with van der Waals surface area (Å²) in [6, 6.07) is 8.02. The highest BCUT2D eigenvalue weighted by molar-refractivity contribution is 6.18. The molecule has 0 atom stereocenters. The lowest BCUT2D eigenvalue weighted by Gasteiger charge is -2.08. The second kappa shape index (κ2) is 9.68. The second-order valence-corrected chi connectivity index (χ2v) is 4.77. The van der Waals surface area contributed by atoms with Crippen LogP contribution in [0.25, 0.3) is 0 Å². The zero-order valence-corrected chi connectivity index (χ0v) is 12.2. The Morgan fingerprint density at radius 2 is 2.26 bits per heavy atom. The third kappa shape index (κ3) is 7.06. The molecular weight excluding hydrogens is 262 g/mol. The lowest BCUT2D eigenvalue weighted by molar-refractivity contribution is -0.120. The number of hydrogen-bond acceptors (Lipinski definition) is 2. The van der Waals surface area contributed by atoms with Crippen LogP contribution in [0.3, 0.4) is 0 Å². The van der Waals surface area contributed by atoms with E-state index in [0.717, 1.165) is 31.6 Å². The summed E-state index contributed by atoms with van der Waals surface area (Å²) in [5.41, 5.74) is 1.17. The molecule has 106 valence electrons. The van der Waals surface area contributed by atoms with Crippen LogP contribution in [0.1, 0.15) is 31.7 Å². The minimum absolute atomic E-state index is 0.00495. The quantitative estimate of drug-likeness (QED) is 0.558. The largest absolute Gasteiger partial charge is 0.494 e. The number of nitrogens with one attached hydrogen (secondary N) is 1. The molecule has 0 unspecified atom stereocenters. The Labute approximate surface area is 120 Å². The normalized spacial score (nSPS) is 10.2. The number of alkyl halides is 1. The van der Waals surface area contributed by atoms with Crippen LogP contribution in [-0.2, 0) is 11.2 Å². The molecule has 0 radical (unpaired) electrons. The molecule has 19 heavy (non-hydrogen) atoms. The number of unbranched alkanes of at least 4 members (excludes halogenated alkanes) is 1. The third-order valence-corrected chi connectivity index (χ3v) is 2.91.